The number of benzene rings is 1. The molecule has 1 aromatic carbocycles. The first-order valence-electron chi connectivity index (χ1n) is 6.59. The normalized spacial score (nSPS) is 13.4. The predicted octanol–water partition coefficient (Wildman–Crippen LogP) is 3.42. The molecule has 0 radical (unpaired) electrons. The Balaban J connectivity index is 2.60. The Morgan fingerprint density at radius 2 is 1.95 bits per heavy atom. The summed E-state index contributed by atoms with van der Waals surface area (Å²) >= 11 is 6.19. The second kappa shape index (κ2) is 7.13. The maximum atomic E-state index is 6.19. The lowest BCUT2D eigenvalue weighted by molar-refractivity contribution is -0.0163. The smallest absolute Gasteiger partial charge is 0.124 e. The van der Waals surface area contributed by atoms with Crippen molar-refractivity contribution in [3.8, 4) is 5.75 Å². The molecule has 0 saturated carbocycles. The molecule has 1 rings (SSSR count). The van der Waals surface area contributed by atoms with Crippen LogP contribution in [0, 0.1) is 0 Å². The number of hydrogen-bond acceptors (Lipinski definition) is 3. The highest BCUT2D eigenvalue weighted by atomic mass is 35.5. The number of nitrogens with two attached hydrogens (primary N) is 1. The van der Waals surface area contributed by atoms with Gasteiger partial charge in [0.2, 0.25) is 0 Å². The van der Waals surface area contributed by atoms with E-state index in [9.17, 15) is 0 Å². The maximum absolute atomic E-state index is 6.19. The van der Waals surface area contributed by atoms with E-state index in [1.165, 1.54) is 0 Å². The maximum Gasteiger partial charge on any atom is 0.124 e. The molecule has 1 unspecified atom stereocenters. The van der Waals surface area contributed by atoms with Crippen molar-refractivity contribution >= 4 is 11.6 Å². The lowest BCUT2D eigenvalue weighted by atomic mass is 10.1. The zero-order valence-electron chi connectivity index (χ0n) is 12.2. The molecule has 0 aromatic heterocycles. The molecule has 0 heterocycles. The second-order valence-corrected chi connectivity index (χ2v) is 6.11. The van der Waals surface area contributed by atoms with Crippen LogP contribution in [0.1, 0.15) is 33.3 Å². The third-order valence-electron chi connectivity index (χ3n) is 2.48. The van der Waals surface area contributed by atoms with Crippen LogP contribution in [0.5, 0.6) is 5.75 Å². The fraction of sp³-hybridized carbons (Fsp3) is 0.600. The van der Waals surface area contributed by atoms with Crippen LogP contribution < -0.4 is 10.5 Å². The highest BCUT2D eigenvalue weighted by molar-refractivity contribution is 6.31. The molecule has 0 aliphatic rings. The molecule has 4 heteroatoms. The van der Waals surface area contributed by atoms with Crippen molar-refractivity contribution in [3.63, 3.8) is 0 Å². The van der Waals surface area contributed by atoms with Gasteiger partial charge in [0, 0.05) is 16.6 Å². The van der Waals surface area contributed by atoms with E-state index >= 15 is 0 Å². The van der Waals surface area contributed by atoms with Crippen molar-refractivity contribution in [3.05, 3.63) is 28.8 Å². The molecule has 108 valence electrons. The summed E-state index contributed by atoms with van der Waals surface area (Å²) in [5.74, 6) is 0.794. The molecule has 0 aliphatic carbocycles. The van der Waals surface area contributed by atoms with Crippen LogP contribution in [0.15, 0.2) is 18.2 Å². The summed E-state index contributed by atoms with van der Waals surface area (Å²) in [4.78, 5) is 0. The molecule has 0 amide bonds. The molecule has 2 N–H and O–H groups in total. The Bertz CT molecular complexity index is 400. The van der Waals surface area contributed by atoms with Crippen LogP contribution in [0.4, 0.5) is 0 Å². The van der Waals surface area contributed by atoms with Crippen LogP contribution in [0.2, 0.25) is 5.02 Å². The quantitative estimate of drug-likeness (QED) is 0.815. The van der Waals surface area contributed by atoms with E-state index < -0.39 is 0 Å². The van der Waals surface area contributed by atoms with Crippen molar-refractivity contribution in [2.45, 2.75) is 45.8 Å². The van der Waals surface area contributed by atoms with Crippen LogP contribution >= 0.6 is 11.6 Å². The van der Waals surface area contributed by atoms with E-state index in [1.807, 2.05) is 45.9 Å². The summed E-state index contributed by atoms with van der Waals surface area (Å²) in [6.45, 7) is 9.07. The van der Waals surface area contributed by atoms with Gasteiger partial charge in [-0.25, -0.2) is 0 Å². The highest BCUT2D eigenvalue weighted by Gasteiger charge is 2.12. The minimum Gasteiger partial charge on any atom is -0.491 e. The first kappa shape index (κ1) is 16.3. The van der Waals surface area contributed by atoms with Gasteiger partial charge in [-0.05, 0) is 46.2 Å². The van der Waals surface area contributed by atoms with Gasteiger partial charge in [0.15, 0.2) is 0 Å². The molecule has 0 fully saturated rings. The second-order valence-electron chi connectivity index (χ2n) is 5.71. The van der Waals surface area contributed by atoms with Crippen molar-refractivity contribution in [2.24, 2.45) is 5.73 Å². The molecule has 0 aliphatic heterocycles. The lowest BCUT2D eigenvalue weighted by Gasteiger charge is -2.20. The van der Waals surface area contributed by atoms with Crippen LogP contribution in [-0.2, 0) is 11.2 Å². The van der Waals surface area contributed by atoms with Gasteiger partial charge in [0.05, 0.1) is 12.2 Å². The van der Waals surface area contributed by atoms with Crippen LogP contribution in [-0.4, -0.2) is 24.9 Å². The minimum atomic E-state index is -0.147. The Morgan fingerprint density at radius 3 is 2.53 bits per heavy atom. The number of ether oxygens (including phenoxy) is 2. The fourth-order valence-corrected chi connectivity index (χ4v) is 1.94. The Morgan fingerprint density at radius 1 is 1.26 bits per heavy atom. The predicted molar refractivity (Wildman–Crippen MR) is 80.0 cm³/mol. The van der Waals surface area contributed by atoms with Crippen molar-refractivity contribution in [1.29, 1.82) is 0 Å². The third-order valence-corrected chi connectivity index (χ3v) is 2.83. The van der Waals surface area contributed by atoms with E-state index in [4.69, 9.17) is 26.8 Å². The van der Waals surface area contributed by atoms with Crippen molar-refractivity contribution < 1.29 is 9.47 Å². The Kier molecular flexibility index (Phi) is 6.11. The molecule has 0 bridgehead atoms. The van der Waals surface area contributed by atoms with E-state index in [1.54, 1.807) is 0 Å². The summed E-state index contributed by atoms with van der Waals surface area (Å²) < 4.78 is 11.4. The Labute approximate surface area is 121 Å². The van der Waals surface area contributed by atoms with Crippen LogP contribution in [0.3, 0.4) is 0 Å². The van der Waals surface area contributed by atoms with E-state index in [-0.39, 0.29) is 11.6 Å². The van der Waals surface area contributed by atoms with Gasteiger partial charge in [0.25, 0.3) is 0 Å². The number of halogens is 1. The largest absolute Gasteiger partial charge is 0.491 e. The zero-order chi connectivity index (χ0) is 14.5. The molecule has 3 nitrogen and oxygen atoms in total. The topological polar surface area (TPSA) is 44.5 Å². The van der Waals surface area contributed by atoms with Gasteiger partial charge in [-0.2, -0.15) is 0 Å². The minimum absolute atomic E-state index is 0.0491. The number of rotatable bonds is 6. The summed E-state index contributed by atoms with van der Waals surface area (Å²) in [6.07, 6.45) is 0.704. The van der Waals surface area contributed by atoms with E-state index in [2.05, 4.69) is 0 Å². The third kappa shape index (κ3) is 6.28. The average molecular weight is 286 g/mol. The van der Waals surface area contributed by atoms with Crippen LogP contribution in [0.25, 0.3) is 0 Å². The van der Waals surface area contributed by atoms with E-state index in [0.717, 1.165) is 11.3 Å². The average Bonchev–Trinajstić information content (AvgIpc) is 2.27. The SMILES string of the molecule is CC(N)Cc1c(Cl)cccc1OCCOC(C)(C)C. The zero-order valence-corrected chi connectivity index (χ0v) is 13.0. The van der Waals surface area contributed by atoms with Gasteiger partial charge in [-0.15, -0.1) is 0 Å². The first-order chi connectivity index (χ1) is 8.79. The van der Waals surface area contributed by atoms with Gasteiger partial charge in [0.1, 0.15) is 12.4 Å². The monoisotopic (exact) mass is 285 g/mol. The number of hydrogen-bond donors (Lipinski definition) is 1. The molecule has 0 spiro atoms. The van der Waals surface area contributed by atoms with Gasteiger partial charge in [-0.3, -0.25) is 0 Å². The fourth-order valence-electron chi connectivity index (χ4n) is 1.69. The summed E-state index contributed by atoms with van der Waals surface area (Å²) in [6, 6.07) is 5.71. The first-order valence-corrected chi connectivity index (χ1v) is 6.97. The molecule has 1 atom stereocenters. The Hall–Kier alpha value is -0.770. The summed E-state index contributed by atoms with van der Waals surface area (Å²) in [5.41, 5.74) is 6.66. The summed E-state index contributed by atoms with van der Waals surface area (Å²) in [5, 5.41) is 0.700. The molecular weight excluding hydrogens is 262 g/mol. The van der Waals surface area contributed by atoms with Crippen molar-refractivity contribution in [2.75, 3.05) is 13.2 Å². The highest BCUT2D eigenvalue weighted by Crippen LogP contribution is 2.27. The summed E-state index contributed by atoms with van der Waals surface area (Å²) in [7, 11) is 0. The van der Waals surface area contributed by atoms with Gasteiger partial charge >= 0.3 is 0 Å². The molecule has 0 saturated heterocycles. The molecule has 1 aromatic rings. The van der Waals surface area contributed by atoms with Crippen molar-refractivity contribution in [1.82, 2.24) is 0 Å². The molecule has 19 heavy (non-hydrogen) atoms. The standard InChI is InChI=1S/C15H24ClNO2/c1-11(17)10-12-13(16)6-5-7-14(12)18-8-9-19-15(2,3)4/h5-7,11H,8-10,17H2,1-4H3. The van der Waals surface area contributed by atoms with Gasteiger partial charge < -0.3 is 15.2 Å². The molecular formula is C15H24ClNO2. The van der Waals surface area contributed by atoms with E-state index in [0.29, 0.717) is 24.7 Å². The van der Waals surface area contributed by atoms with Gasteiger partial charge in [-0.1, -0.05) is 17.7 Å². The lowest BCUT2D eigenvalue weighted by Crippen LogP contribution is -2.23.